The fraction of sp³-hybridized carbons (Fsp3) is 0.240. The highest BCUT2D eigenvalue weighted by molar-refractivity contribution is 5.72. The molecule has 7 heteroatoms. The van der Waals surface area contributed by atoms with Gasteiger partial charge in [-0.3, -0.25) is 5.10 Å². The first-order valence-corrected chi connectivity index (χ1v) is 10.9. The summed E-state index contributed by atoms with van der Waals surface area (Å²) in [5.74, 6) is 3.12. The third-order valence-corrected chi connectivity index (χ3v) is 5.73. The van der Waals surface area contributed by atoms with Gasteiger partial charge in [-0.05, 0) is 31.2 Å². The van der Waals surface area contributed by atoms with Crippen molar-refractivity contribution in [2.24, 2.45) is 0 Å². The van der Waals surface area contributed by atoms with Gasteiger partial charge in [0.1, 0.15) is 11.6 Å². The minimum Gasteiger partial charge on any atom is -0.354 e. The van der Waals surface area contributed by atoms with Gasteiger partial charge in [-0.15, -0.1) is 0 Å². The van der Waals surface area contributed by atoms with Gasteiger partial charge in [0.25, 0.3) is 0 Å². The molecule has 1 fully saturated rings. The number of piperazine rings is 1. The van der Waals surface area contributed by atoms with Crippen molar-refractivity contribution < 1.29 is 0 Å². The first-order valence-electron chi connectivity index (χ1n) is 10.9. The van der Waals surface area contributed by atoms with E-state index in [9.17, 15) is 0 Å². The number of aromatic nitrogens is 4. The summed E-state index contributed by atoms with van der Waals surface area (Å²) in [5, 5.41) is 10.6. The lowest BCUT2D eigenvalue weighted by Gasteiger charge is -2.33. The number of rotatable bonds is 5. The minimum atomic E-state index is 0.703. The maximum atomic E-state index is 4.96. The molecular weight excluding hydrogens is 398 g/mol. The number of nitrogens with zero attached hydrogens (tertiary/aromatic N) is 5. The van der Waals surface area contributed by atoms with Gasteiger partial charge in [0.15, 0.2) is 11.6 Å². The molecular formula is C25H27N7. The summed E-state index contributed by atoms with van der Waals surface area (Å²) in [6.07, 6.45) is 0. The van der Waals surface area contributed by atoms with Crippen LogP contribution >= 0.6 is 0 Å². The van der Waals surface area contributed by atoms with E-state index in [1.54, 1.807) is 0 Å². The van der Waals surface area contributed by atoms with Crippen molar-refractivity contribution in [3.63, 3.8) is 0 Å². The average molecular weight is 426 g/mol. The molecule has 0 atom stereocenters. The predicted octanol–water partition coefficient (Wildman–Crippen LogP) is 4.34. The number of aromatic amines is 1. The Morgan fingerprint density at radius 3 is 2.28 bits per heavy atom. The summed E-state index contributed by atoms with van der Waals surface area (Å²) in [6.45, 7) is 5.90. The van der Waals surface area contributed by atoms with Crippen LogP contribution in [0.2, 0.25) is 0 Å². The number of benzene rings is 2. The minimum absolute atomic E-state index is 0.703. The van der Waals surface area contributed by atoms with E-state index in [0.717, 1.165) is 60.5 Å². The Kier molecular flexibility index (Phi) is 5.56. The molecule has 32 heavy (non-hydrogen) atoms. The third-order valence-electron chi connectivity index (χ3n) is 5.73. The van der Waals surface area contributed by atoms with Crippen molar-refractivity contribution in [1.29, 1.82) is 0 Å². The van der Waals surface area contributed by atoms with E-state index in [-0.39, 0.29) is 0 Å². The largest absolute Gasteiger partial charge is 0.354 e. The first-order chi connectivity index (χ1) is 15.6. The van der Waals surface area contributed by atoms with Crippen molar-refractivity contribution >= 4 is 17.5 Å². The van der Waals surface area contributed by atoms with Crippen LogP contribution in [0, 0.1) is 6.92 Å². The number of hydrogen-bond donors (Lipinski definition) is 2. The molecule has 0 radical (unpaired) electrons. The summed E-state index contributed by atoms with van der Waals surface area (Å²) >= 11 is 0. The lowest BCUT2D eigenvalue weighted by molar-refractivity contribution is 0.312. The molecule has 2 aromatic carbocycles. The molecule has 2 aromatic heterocycles. The van der Waals surface area contributed by atoms with Gasteiger partial charge in [-0.25, -0.2) is 9.97 Å². The van der Waals surface area contributed by atoms with Gasteiger partial charge in [0.05, 0.1) is 0 Å². The monoisotopic (exact) mass is 425 g/mol. The van der Waals surface area contributed by atoms with Gasteiger partial charge in [-0.2, -0.15) is 5.10 Å². The van der Waals surface area contributed by atoms with Crippen molar-refractivity contribution in [3.8, 4) is 22.5 Å². The number of anilines is 3. The summed E-state index contributed by atoms with van der Waals surface area (Å²) in [7, 11) is 2.16. The topological polar surface area (TPSA) is 73.0 Å². The van der Waals surface area contributed by atoms with E-state index >= 15 is 0 Å². The lowest BCUT2D eigenvalue weighted by atomic mass is 10.0. The molecule has 0 amide bonds. The van der Waals surface area contributed by atoms with E-state index in [1.807, 2.05) is 25.1 Å². The zero-order valence-electron chi connectivity index (χ0n) is 18.4. The van der Waals surface area contributed by atoms with Crippen LogP contribution in [-0.4, -0.2) is 58.3 Å². The van der Waals surface area contributed by atoms with Gasteiger partial charge in [0, 0.05) is 49.6 Å². The smallest absolute Gasteiger partial charge is 0.163 e. The predicted molar refractivity (Wildman–Crippen MR) is 129 cm³/mol. The van der Waals surface area contributed by atoms with E-state index in [1.165, 1.54) is 5.56 Å². The average Bonchev–Trinajstić information content (AvgIpc) is 3.24. The van der Waals surface area contributed by atoms with Crippen LogP contribution in [0.1, 0.15) is 5.69 Å². The molecule has 162 valence electrons. The summed E-state index contributed by atoms with van der Waals surface area (Å²) in [4.78, 5) is 14.5. The van der Waals surface area contributed by atoms with Crippen LogP contribution in [0.25, 0.3) is 22.5 Å². The zero-order chi connectivity index (χ0) is 21.9. The molecule has 1 aliphatic heterocycles. The number of aryl methyl sites for hydroxylation is 1. The van der Waals surface area contributed by atoms with Gasteiger partial charge >= 0.3 is 0 Å². The Bertz CT molecular complexity index is 1190. The highest BCUT2D eigenvalue weighted by atomic mass is 15.3. The van der Waals surface area contributed by atoms with Crippen molar-refractivity contribution in [2.45, 2.75) is 6.92 Å². The van der Waals surface area contributed by atoms with Crippen LogP contribution in [0.5, 0.6) is 0 Å². The first kappa shape index (κ1) is 20.2. The molecule has 1 saturated heterocycles. The van der Waals surface area contributed by atoms with Crippen LogP contribution < -0.4 is 10.2 Å². The Hall–Kier alpha value is -3.71. The van der Waals surface area contributed by atoms with E-state index in [2.05, 4.69) is 80.9 Å². The molecule has 2 N–H and O–H groups in total. The quantitative estimate of drug-likeness (QED) is 0.496. The second-order valence-electron chi connectivity index (χ2n) is 8.23. The zero-order valence-corrected chi connectivity index (χ0v) is 18.4. The number of hydrogen-bond acceptors (Lipinski definition) is 6. The molecule has 1 aliphatic rings. The molecule has 0 unspecified atom stereocenters. The van der Waals surface area contributed by atoms with Crippen molar-refractivity contribution in [3.05, 3.63) is 72.4 Å². The summed E-state index contributed by atoms with van der Waals surface area (Å²) in [5.41, 5.74) is 4.31. The third kappa shape index (κ3) is 4.48. The van der Waals surface area contributed by atoms with E-state index in [0.29, 0.717) is 5.82 Å². The van der Waals surface area contributed by atoms with Gasteiger partial charge in [-0.1, -0.05) is 48.5 Å². The molecule has 5 rings (SSSR count). The molecule has 0 saturated carbocycles. The second-order valence-corrected chi connectivity index (χ2v) is 8.23. The highest BCUT2D eigenvalue weighted by Gasteiger charge is 2.18. The molecule has 0 spiro atoms. The number of H-pyrrole nitrogens is 1. The van der Waals surface area contributed by atoms with Crippen LogP contribution in [0.15, 0.2) is 66.7 Å². The molecule has 0 aliphatic carbocycles. The second kappa shape index (κ2) is 8.80. The molecule has 0 bridgehead atoms. The van der Waals surface area contributed by atoms with Crippen molar-refractivity contribution in [2.75, 3.05) is 43.4 Å². The van der Waals surface area contributed by atoms with Crippen LogP contribution in [0.3, 0.4) is 0 Å². The van der Waals surface area contributed by atoms with Gasteiger partial charge < -0.3 is 15.1 Å². The maximum absolute atomic E-state index is 4.96. The normalized spacial score (nSPS) is 14.5. The maximum Gasteiger partial charge on any atom is 0.163 e. The summed E-state index contributed by atoms with van der Waals surface area (Å²) < 4.78 is 0. The van der Waals surface area contributed by atoms with E-state index in [4.69, 9.17) is 9.97 Å². The Morgan fingerprint density at radius 2 is 1.53 bits per heavy atom. The highest BCUT2D eigenvalue weighted by Crippen LogP contribution is 2.28. The Morgan fingerprint density at radius 1 is 0.781 bits per heavy atom. The Labute approximate surface area is 188 Å². The molecule has 7 nitrogen and oxygen atoms in total. The fourth-order valence-electron chi connectivity index (χ4n) is 3.91. The van der Waals surface area contributed by atoms with E-state index < -0.39 is 0 Å². The molecule has 3 heterocycles. The number of likely N-dealkylation sites (N-methyl/N-ethyl adjacent to an activating group) is 1. The van der Waals surface area contributed by atoms with Crippen LogP contribution in [0.4, 0.5) is 17.5 Å². The van der Waals surface area contributed by atoms with Crippen molar-refractivity contribution in [1.82, 2.24) is 25.1 Å². The SMILES string of the molecule is Cc1cc(Nc2cc(N3CCN(C)CC3)nc(-c3cccc(-c4ccccc4)c3)n2)n[nH]1. The lowest BCUT2D eigenvalue weighted by Crippen LogP contribution is -2.44. The summed E-state index contributed by atoms with van der Waals surface area (Å²) in [6, 6.07) is 22.8. The Balaban J connectivity index is 1.53. The fourth-order valence-corrected chi connectivity index (χ4v) is 3.91. The van der Waals surface area contributed by atoms with Crippen LogP contribution in [-0.2, 0) is 0 Å². The number of nitrogens with one attached hydrogen (secondary N) is 2. The van der Waals surface area contributed by atoms with Gasteiger partial charge in [0.2, 0.25) is 0 Å². The standard InChI is InChI=1S/C25H27N7/c1-18-15-23(30-29-18)26-22-17-24(32-13-11-31(2)12-14-32)28-25(27-22)21-10-6-9-20(16-21)19-7-4-3-5-8-19/h3-10,15-17H,11-14H2,1-2H3,(H2,26,27,28,29,30). The molecule has 4 aromatic rings.